The predicted octanol–water partition coefficient (Wildman–Crippen LogP) is 4.27. The standard InChI is InChI=1S/C17H16ClNO/c1-19(2)12-11-17(20)16-6-4-3-5-15(16)13-7-9-14(18)10-8-13/h3-12H,1-2H3. The summed E-state index contributed by atoms with van der Waals surface area (Å²) < 4.78 is 0. The van der Waals surface area contributed by atoms with Crippen LogP contribution >= 0.6 is 11.6 Å². The topological polar surface area (TPSA) is 20.3 Å². The van der Waals surface area contributed by atoms with Crippen LogP contribution in [-0.2, 0) is 0 Å². The van der Waals surface area contributed by atoms with Crippen molar-refractivity contribution < 1.29 is 4.79 Å². The maximum Gasteiger partial charge on any atom is 0.187 e. The highest BCUT2D eigenvalue weighted by molar-refractivity contribution is 6.30. The number of nitrogens with zero attached hydrogens (tertiary/aromatic N) is 1. The van der Waals surface area contributed by atoms with Gasteiger partial charge < -0.3 is 4.90 Å². The lowest BCUT2D eigenvalue weighted by molar-refractivity contribution is 0.104. The minimum absolute atomic E-state index is 0.00995. The number of benzene rings is 2. The lowest BCUT2D eigenvalue weighted by Gasteiger charge is -2.08. The molecule has 0 aliphatic heterocycles. The molecule has 0 heterocycles. The summed E-state index contributed by atoms with van der Waals surface area (Å²) in [6, 6.07) is 15.1. The molecule has 0 amide bonds. The molecule has 2 nitrogen and oxygen atoms in total. The largest absolute Gasteiger partial charge is 0.383 e. The van der Waals surface area contributed by atoms with Crippen LogP contribution in [-0.4, -0.2) is 24.8 Å². The highest BCUT2D eigenvalue weighted by Crippen LogP contribution is 2.25. The molecule has 0 aliphatic carbocycles. The van der Waals surface area contributed by atoms with E-state index in [2.05, 4.69) is 0 Å². The van der Waals surface area contributed by atoms with Gasteiger partial charge in [-0.2, -0.15) is 0 Å². The van der Waals surface area contributed by atoms with E-state index < -0.39 is 0 Å². The Kier molecular flexibility index (Phi) is 4.59. The SMILES string of the molecule is CN(C)C=CC(=O)c1ccccc1-c1ccc(Cl)cc1. The lowest BCUT2D eigenvalue weighted by Crippen LogP contribution is -2.04. The molecule has 0 bridgehead atoms. The molecule has 3 heteroatoms. The lowest BCUT2D eigenvalue weighted by atomic mass is 9.97. The van der Waals surface area contributed by atoms with Gasteiger partial charge in [-0.05, 0) is 23.3 Å². The third-order valence-electron chi connectivity index (χ3n) is 2.87. The Labute approximate surface area is 124 Å². The summed E-state index contributed by atoms with van der Waals surface area (Å²) in [5.41, 5.74) is 2.59. The van der Waals surface area contributed by atoms with Crippen LogP contribution in [0.15, 0.2) is 60.8 Å². The minimum atomic E-state index is -0.00995. The second-order valence-corrected chi connectivity index (χ2v) is 5.13. The average Bonchev–Trinajstić information content (AvgIpc) is 2.45. The van der Waals surface area contributed by atoms with Crippen molar-refractivity contribution in [1.29, 1.82) is 0 Å². The predicted molar refractivity (Wildman–Crippen MR) is 84.0 cm³/mol. The van der Waals surface area contributed by atoms with E-state index in [1.54, 1.807) is 12.3 Å². The molecule has 0 saturated heterocycles. The van der Waals surface area contributed by atoms with Crippen LogP contribution in [0.2, 0.25) is 5.02 Å². The zero-order valence-corrected chi connectivity index (χ0v) is 12.3. The smallest absolute Gasteiger partial charge is 0.187 e. The van der Waals surface area contributed by atoms with E-state index in [4.69, 9.17) is 11.6 Å². The molecule has 2 aromatic rings. The molecule has 102 valence electrons. The number of hydrogen-bond acceptors (Lipinski definition) is 2. The Morgan fingerprint density at radius 3 is 2.35 bits per heavy atom. The van der Waals surface area contributed by atoms with Gasteiger partial charge in [0.2, 0.25) is 0 Å². The first kappa shape index (κ1) is 14.4. The van der Waals surface area contributed by atoms with Gasteiger partial charge in [-0.3, -0.25) is 4.79 Å². The molecular weight excluding hydrogens is 270 g/mol. The van der Waals surface area contributed by atoms with Gasteiger partial charge in [0.1, 0.15) is 0 Å². The van der Waals surface area contributed by atoms with E-state index in [9.17, 15) is 4.79 Å². The molecule has 2 aromatic carbocycles. The van der Waals surface area contributed by atoms with Crippen molar-refractivity contribution in [3.63, 3.8) is 0 Å². The molecule has 0 unspecified atom stereocenters. The van der Waals surface area contributed by atoms with Gasteiger partial charge in [0.25, 0.3) is 0 Å². The second-order valence-electron chi connectivity index (χ2n) is 4.70. The average molecular weight is 286 g/mol. The van der Waals surface area contributed by atoms with Gasteiger partial charge in [-0.1, -0.05) is 48.0 Å². The van der Waals surface area contributed by atoms with E-state index in [0.29, 0.717) is 10.6 Å². The van der Waals surface area contributed by atoms with Crippen LogP contribution < -0.4 is 0 Å². The first-order valence-corrected chi connectivity index (χ1v) is 6.69. The van der Waals surface area contributed by atoms with Gasteiger partial charge in [-0.15, -0.1) is 0 Å². The van der Waals surface area contributed by atoms with E-state index in [1.807, 2.05) is 67.5 Å². The normalized spacial score (nSPS) is 10.8. The van der Waals surface area contributed by atoms with Crippen LogP contribution in [0.3, 0.4) is 0 Å². The Balaban J connectivity index is 2.40. The summed E-state index contributed by atoms with van der Waals surface area (Å²) in [6.45, 7) is 0. The number of ketones is 1. The van der Waals surface area contributed by atoms with E-state index >= 15 is 0 Å². The van der Waals surface area contributed by atoms with Gasteiger partial charge in [-0.25, -0.2) is 0 Å². The maximum absolute atomic E-state index is 12.3. The van der Waals surface area contributed by atoms with Gasteiger partial charge in [0, 0.05) is 37.0 Å². The van der Waals surface area contributed by atoms with E-state index in [1.165, 1.54) is 0 Å². The van der Waals surface area contributed by atoms with Crippen LogP contribution in [0, 0.1) is 0 Å². The summed E-state index contributed by atoms with van der Waals surface area (Å²) >= 11 is 5.90. The molecule has 0 aliphatic rings. The van der Waals surface area contributed by atoms with Crippen LogP contribution in [0.25, 0.3) is 11.1 Å². The monoisotopic (exact) mass is 285 g/mol. The zero-order valence-electron chi connectivity index (χ0n) is 11.5. The highest BCUT2D eigenvalue weighted by atomic mass is 35.5. The molecule has 2 rings (SSSR count). The Morgan fingerprint density at radius 1 is 1.05 bits per heavy atom. The molecule has 0 saturated carbocycles. The molecule has 0 spiro atoms. The number of rotatable bonds is 4. The second kappa shape index (κ2) is 6.40. The van der Waals surface area contributed by atoms with E-state index in [0.717, 1.165) is 11.1 Å². The summed E-state index contributed by atoms with van der Waals surface area (Å²) in [5, 5.41) is 0.685. The Morgan fingerprint density at radius 2 is 1.70 bits per heavy atom. The third-order valence-corrected chi connectivity index (χ3v) is 3.12. The number of allylic oxidation sites excluding steroid dienone is 1. The minimum Gasteiger partial charge on any atom is -0.383 e. The van der Waals surface area contributed by atoms with Gasteiger partial charge in [0.05, 0.1) is 0 Å². The molecule has 0 atom stereocenters. The third kappa shape index (κ3) is 3.49. The van der Waals surface area contributed by atoms with Crippen molar-refractivity contribution in [2.24, 2.45) is 0 Å². The van der Waals surface area contributed by atoms with Crippen molar-refractivity contribution in [2.45, 2.75) is 0 Å². The van der Waals surface area contributed by atoms with Crippen LogP contribution in [0.4, 0.5) is 0 Å². The number of hydrogen-bond donors (Lipinski definition) is 0. The van der Waals surface area contributed by atoms with Crippen molar-refractivity contribution in [2.75, 3.05) is 14.1 Å². The van der Waals surface area contributed by atoms with Crippen molar-refractivity contribution >= 4 is 17.4 Å². The number of halogens is 1. The summed E-state index contributed by atoms with van der Waals surface area (Å²) in [6.07, 6.45) is 3.33. The maximum atomic E-state index is 12.3. The first-order valence-electron chi connectivity index (χ1n) is 6.32. The molecule has 0 aromatic heterocycles. The van der Waals surface area contributed by atoms with Crippen molar-refractivity contribution in [3.8, 4) is 11.1 Å². The fourth-order valence-corrected chi connectivity index (χ4v) is 2.01. The number of carbonyl (C=O) groups excluding carboxylic acids is 1. The highest BCUT2D eigenvalue weighted by Gasteiger charge is 2.09. The molecule has 20 heavy (non-hydrogen) atoms. The fraction of sp³-hybridized carbons (Fsp3) is 0.118. The van der Waals surface area contributed by atoms with Crippen LogP contribution in [0.1, 0.15) is 10.4 Å². The number of carbonyl (C=O) groups is 1. The first-order chi connectivity index (χ1) is 9.58. The molecular formula is C17H16ClNO. The summed E-state index contributed by atoms with van der Waals surface area (Å²) in [5.74, 6) is -0.00995. The van der Waals surface area contributed by atoms with E-state index in [-0.39, 0.29) is 5.78 Å². The summed E-state index contributed by atoms with van der Waals surface area (Å²) in [4.78, 5) is 14.1. The van der Waals surface area contributed by atoms with Crippen molar-refractivity contribution in [3.05, 3.63) is 71.4 Å². The Bertz CT molecular complexity index is 630. The quantitative estimate of drug-likeness (QED) is 0.618. The molecule has 0 N–H and O–H groups in total. The van der Waals surface area contributed by atoms with Gasteiger partial charge >= 0.3 is 0 Å². The Hall–Kier alpha value is -2.06. The van der Waals surface area contributed by atoms with Crippen LogP contribution in [0.5, 0.6) is 0 Å². The summed E-state index contributed by atoms with van der Waals surface area (Å²) in [7, 11) is 3.77. The van der Waals surface area contributed by atoms with Gasteiger partial charge in [0.15, 0.2) is 5.78 Å². The van der Waals surface area contributed by atoms with Crippen molar-refractivity contribution in [1.82, 2.24) is 4.90 Å². The fourth-order valence-electron chi connectivity index (χ4n) is 1.89. The molecule has 0 radical (unpaired) electrons. The molecule has 0 fully saturated rings. The zero-order chi connectivity index (χ0) is 14.5.